The minimum Gasteiger partial charge on any atom is -0.496 e. The Balaban J connectivity index is 2.48. The van der Waals surface area contributed by atoms with Crippen molar-refractivity contribution >= 4 is 0 Å². The van der Waals surface area contributed by atoms with Crippen LogP contribution >= 0.6 is 0 Å². The lowest BCUT2D eigenvalue weighted by atomic mass is 9.72. The van der Waals surface area contributed by atoms with E-state index in [1.165, 1.54) is 0 Å². The van der Waals surface area contributed by atoms with Gasteiger partial charge in [0.05, 0.1) is 31.4 Å². The van der Waals surface area contributed by atoms with Gasteiger partial charge in [-0.1, -0.05) is 6.07 Å². The van der Waals surface area contributed by atoms with E-state index in [1.54, 1.807) is 21.3 Å². The van der Waals surface area contributed by atoms with Crippen molar-refractivity contribution in [1.82, 2.24) is 5.43 Å². The molecule has 1 aromatic rings. The molecular weight excluding hydrogens is 244 g/mol. The molecule has 1 saturated carbocycles. The van der Waals surface area contributed by atoms with Crippen LogP contribution < -0.4 is 20.7 Å². The Morgan fingerprint density at radius 3 is 2.05 bits per heavy atom. The SMILES string of the molecule is COc1cccc(OC)c1C(NN)C1(OC)CCC1. The molecule has 5 nitrogen and oxygen atoms in total. The lowest BCUT2D eigenvalue weighted by molar-refractivity contribution is -0.101. The summed E-state index contributed by atoms with van der Waals surface area (Å²) in [6, 6.07) is 5.56. The van der Waals surface area contributed by atoms with E-state index < -0.39 is 0 Å². The van der Waals surface area contributed by atoms with Gasteiger partial charge in [0.25, 0.3) is 0 Å². The zero-order valence-electron chi connectivity index (χ0n) is 11.7. The van der Waals surface area contributed by atoms with E-state index in [9.17, 15) is 0 Å². The monoisotopic (exact) mass is 266 g/mol. The summed E-state index contributed by atoms with van der Waals surface area (Å²) in [6.07, 6.45) is 3.09. The summed E-state index contributed by atoms with van der Waals surface area (Å²) in [5.74, 6) is 7.29. The molecule has 1 fully saturated rings. The summed E-state index contributed by atoms with van der Waals surface area (Å²) in [7, 11) is 5.02. The number of hydrogen-bond acceptors (Lipinski definition) is 5. The van der Waals surface area contributed by atoms with Gasteiger partial charge in [-0.25, -0.2) is 5.43 Å². The van der Waals surface area contributed by atoms with Gasteiger partial charge in [-0.05, 0) is 31.4 Å². The molecule has 1 unspecified atom stereocenters. The van der Waals surface area contributed by atoms with E-state index in [0.29, 0.717) is 0 Å². The molecule has 0 aliphatic heterocycles. The third kappa shape index (κ3) is 2.29. The molecule has 0 amide bonds. The first-order valence-electron chi connectivity index (χ1n) is 6.44. The Labute approximate surface area is 114 Å². The fourth-order valence-electron chi connectivity index (χ4n) is 2.80. The summed E-state index contributed by atoms with van der Waals surface area (Å²) in [4.78, 5) is 0. The summed E-state index contributed by atoms with van der Waals surface area (Å²) in [5, 5.41) is 0. The third-order valence-corrected chi connectivity index (χ3v) is 4.05. The second-order valence-corrected chi connectivity index (χ2v) is 4.80. The highest BCUT2D eigenvalue weighted by atomic mass is 16.5. The third-order valence-electron chi connectivity index (χ3n) is 4.05. The van der Waals surface area contributed by atoms with Crippen molar-refractivity contribution in [3.05, 3.63) is 23.8 Å². The standard InChI is InChI=1S/C14H22N2O3/c1-17-10-6-4-7-11(18-2)12(10)13(16-15)14(19-3)8-5-9-14/h4,6-7,13,16H,5,8-9,15H2,1-3H3. The Morgan fingerprint density at radius 1 is 1.16 bits per heavy atom. The lowest BCUT2D eigenvalue weighted by Gasteiger charge is -2.46. The van der Waals surface area contributed by atoms with Crippen LogP contribution in [0.5, 0.6) is 11.5 Å². The maximum absolute atomic E-state index is 5.78. The summed E-state index contributed by atoms with van der Waals surface area (Å²) < 4.78 is 16.6. The Bertz CT molecular complexity index is 405. The summed E-state index contributed by atoms with van der Waals surface area (Å²) in [5.41, 5.74) is 3.51. The first-order chi connectivity index (χ1) is 9.22. The zero-order chi connectivity index (χ0) is 13.9. The second-order valence-electron chi connectivity index (χ2n) is 4.80. The van der Waals surface area contributed by atoms with Gasteiger partial charge in [0.15, 0.2) is 0 Å². The molecule has 5 heteroatoms. The highest BCUT2D eigenvalue weighted by Crippen LogP contribution is 2.48. The van der Waals surface area contributed by atoms with Gasteiger partial charge >= 0.3 is 0 Å². The molecule has 0 aromatic heterocycles. The fourth-order valence-corrected chi connectivity index (χ4v) is 2.80. The van der Waals surface area contributed by atoms with E-state index in [0.717, 1.165) is 36.3 Å². The van der Waals surface area contributed by atoms with Gasteiger partial charge in [-0.15, -0.1) is 0 Å². The quantitative estimate of drug-likeness (QED) is 0.607. The van der Waals surface area contributed by atoms with Gasteiger partial charge in [-0.3, -0.25) is 5.84 Å². The van der Waals surface area contributed by atoms with Crippen LogP contribution in [0, 0.1) is 0 Å². The van der Waals surface area contributed by atoms with Crippen LogP contribution in [0.2, 0.25) is 0 Å². The number of ether oxygens (including phenoxy) is 3. The van der Waals surface area contributed by atoms with Gasteiger partial charge < -0.3 is 14.2 Å². The molecule has 0 radical (unpaired) electrons. The van der Waals surface area contributed by atoms with E-state index >= 15 is 0 Å². The number of nitrogens with one attached hydrogen (secondary N) is 1. The van der Waals surface area contributed by atoms with E-state index in [4.69, 9.17) is 20.1 Å². The molecule has 0 spiro atoms. The van der Waals surface area contributed by atoms with Crippen LogP contribution in [-0.4, -0.2) is 26.9 Å². The summed E-state index contributed by atoms with van der Waals surface area (Å²) >= 11 is 0. The molecule has 0 bridgehead atoms. The highest BCUT2D eigenvalue weighted by Gasteiger charge is 2.46. The van der Waals surface area contributed by atoms with Crippen molar-refractivity contribution in [2.45, 2.75) is 30.9 Å². The van der Waals surface area contributed by atoms with Crippen LogP contribution in [-0.2, 0) is 4.74 Å². The molecule has 19 heavy (non-hydrogen) atoms. The predicted molar refractivity (Wildman–Crippen MR) is 73.2 cm³/mol. The molecule has 0 saturated heterocycles. The minimum atomic E-state index is -0.281. The smallest absolute Gasteiger partial charge is 0.127 e. The number of hydrazine groups is 1. The molecule has 106 valence electrons. The van der Waals surface area contributed by atoms with Gasteiger partial charge in [0, 0.05) is 7.11 Å². The van der Waals surface area contributed by atoms with Crippen molar-refractivity contribution in [2.24, 2.45) is 5.84 Å². The highest BCUT2D eigenvalue weighted by molar-refractivity contribution is 5.48. The van der Waals surface area contributed by atoms with Crippen LogP contribution in [0.4, 0.5) is 0 Å². The van der Waals surface area contributed by atoms with E-state index in [-0.39, 0.29) is 11.6 Å². The number of methoxy groups -OCH3 is 3. The Hall–Kier alpha value is -1.30. The molecule has 1 aromatic carbocycles. The minimum absolute atomic E-state index is 0.155. The molecule has 2 rings (SSSR count). The molecule has 1 aliphatic carbocycles. The molecule has 3 N–H and O–H groups in total. The maximum Gasteiger partial charge on any atom is 0.127 e. The average molecular weight is 266 g/mol. The first kappa shape index (κ1) is 14.1. The van der Waals surface area contributed by atoms with E-state index in [1.807, 2.05) is 18.2 Å². The molecule has 1 atom stereocenters. The Morgan fingerprint density at radius 2 is 1.74 bits per heavy atom. The lowest BCUT2D eigenvalue weighted by Crippen LogP contribution is -2.52. The van der Waals surface area contributed by atoms with Crippen LogP contribution in [0.15, 0.2) is 18.2 Å². The van der Waals surface area contributed by atoms with Crippen molar-refractivity contribution in [3.8, 4) is 11.5 Å². The van der Waals surface area contributed by atoms with E-state index in [2.05, 4.69) is 5.43 Å². The second kappa shape index (κ2) is 5.77. The Kier molecular flexibility index (Phi) is 4.29. The van der Waals surface area contributed by atoms with Gasteiger partial charge in [0.2, 0.25) is 0 Å². The number of rotatable bonds is 6. The van der Waals surface area contributed by atoms with Crippen molar-refractivity contribution < 1.29 is 14.2 Å². The zero-order valence-corrected chi connectivity index (χ0v) is 11.7. The van der Waals surface area contributed by atoms with Gasteiger partial charge in [0.1, 0.15) is 11.5 Å². The van der Waals surface area contributed by atoms with Crippen LogP contribution in [0.25, 0.3) is 0 Å². The fraction of sp³-hybridized carbons (Fsp3) is 0.571. The normalized spacial score (nSPS) is 18.5. The number of benzene rings is 1. The van der Waals surface area contributed by atoms with Crippen molar-refractivity contribution in [1.29, 1.82) is 0 Å². The summed E-state index contributed by atoms with van der Waals surface area (Å²) in [6.45, 7) is 0. The predicted octanol–water partition coefficient (Wildman–Crippen LogP) is 1.78. The number of nitrogens with two attached hydrogens (primary N) is 1. The van der Waals surface area contributed by atoms with Crippen molar-refractivity contribution in [3.63, 3.8) is 0 Å². The average Bonchev–Trinajstić information content (AvgIpc) is 2.42. The molecule has 0 heterocycles. The maximum atomic E-state index is 5.78. The van der Waals surface area contributed by atoms with Crippen molar-refractivity contribution in [2.75, 3.05) is 21.3 Å². The largest absolute Gasteiger partial charge is 0.496 e. The van der Waals surface area contributed by atoms with Crippen LogP contribution in [0.3, 0.4) is 0 Å². The number of hydrogen-bond donors (Lipinski definition) is 2. The molecular formula is C14H22N2O3. The van der Waals surface area contributed by atoms with Gasteiger partial charge in [-0.2, -0.15) is 0 Å². The molecule has 1 aliphatic rings. The topological polar surface area (TPSA) is 65.7 Å². The first-order valence-corrected chi connectivity index (χ1v) is 6.44. The van der Waals surface area contributed by atoms with Crippen LogP contribution in [0.1, 0.15) is 30.9 Å².